The van der Waals surface area contributed by atoms with E-state index in [1.54, 1.807) is 0 Å². The van der Waals surface area contributed by atoms with Gasteiger partial charge in [0.15, 0.2) is 0 Å². The van der Waals surface area contributed by atoms with Crippen molar-refractivity contribution in [3.63, 3.8) is 0 Å². The Hall–Kier alpha value is -1.36. The molecule has 20 heavy (non-hydrogen) atoms. The molecule has 1 aromatic heterocycles. The Bertz CT molecular complexity index is 424. The van der Waals surface area contributed by atoms with Crippen molar-refractivity contribution < 1.29 is 4.74 Å². The third-order valence-corrected chi connectivity index (χ3v) is 3.55. The number of nitrogens with one attached hydrogen (secondary N) is 1. The minimum absolute atomic E-state index is 0.316. The Morgan fingerprint density at radius 3 is 2.90 bits per heavy atom. The number of aryl methyl sites for hydroxylation is 1. The predicted molar refractivity (Wildman–Crippen MR) is 82.4 cm³/mol. The van der Waals surface area contributed by atoms with Crippen LogP contribution in [0.2, 0.25) is 0 Å². The lowest BCUT2D eigenvalue weighted by Crippen LogP contribution is -2.42. The number of rotatable bonds is 6. The fraction of sp³-hybridized carbons (Fsp3) is 0.733. The third kappa shape index (κ3) is 3.82. The Balaban J connectivity index is 2.16. The molecule has 2 heterocycles. The molecule has 1 aliphatic heterocycles. The molecule has 1 atom stereocenters. The lowest BCUT2D eigenvalue weighted by atomic mass is 10.2. The van der Waals surface area contributed by atoms with Crippen LogP contribution >= 0.6 is 0 Å². The van der Waals surface area contributed by atoms with Gasteiger partial charge in [-0.3, -0.25) is 0 Å². The van der Waals surface area contributed by atoms with E-state index in [1.165, 1.54) is 0 Å². The van der Waals surface area contributed by atoms with Crippen molar-refractivity contribution in [2.24, 2.45) is 0 Å². The zero-order valence-corrected chi connectivity index (χ0v) is 12.9. The summed E-state index contributed by atoms with van der Waals surface area (Å²) in [5.41, 5.74) is 0. The highest BCUT2D eigenvalue weighted by Crippen LogP contribution is 2.20. The number of aromatic nitrogens is 2. The molecule has 112 valence electrons. The molecule has 0 saturated carbocycles. The van der Waals surface area contributed by atoms with Gasteiger partial charge in [-0.15, -0.1) is 0 Å². The van der Waals surface area contributed by atoms with Gasteiger partial charge in [0.05, 0.1) is 12.7 Å². The van der Waals surface area contributed by atoms with Gasteiger partial charge < -0.3 is 15.0 Å². The second-order valence-corrected chi connectivity index (χ2v) is 5.16. The van der Waals surface area contributed by atoms with Crippen LogP contribution in [0.5, 0.6) is 0 Å². The summed E-state index contributed by atoms with van der Waals surface area (Å²) >= 11 is 0. The molecule has 0 amide bonds. The number of nitrogens with zero attached hydrogens (tertiary/aromatic N) is 3. The summed E-state index contributed by atoms with van der Waals surface area (Å²) in [5.74, 6) is 2.87. The number of ether oxygens (including phenoxy) is 1. The van der Waals surface area contributed by atoms with E-state index in [1.807, 2.05) is 0 Å². The van der Waals surface area contributed by atoms with Gasteiger partial charge in [0, 0.05) is 32.1 Å². The lowest BCUT2D eigenvalue weighted by molar-refractivity contribution is 0.0381. The van der Waals surface area contributed by atoms with Gasteiger partial charge in [0.2, 0.25) is 0 Å². The summed E-state index contributed by atoms with van der Waals surface area (Å²) in [4.78, 5) is 11.5. The van der Waals surface area contributed by atoms with E-state index < -0.39 is 0 Å². The molecule has 5 heteroatoms. The number of anilines is 2. The fourth-order valence-electron chi connectivity index (χ4n) is 2.32. The quantitative estimate of drug-likeness (QED) is 0.866. The first kappa shape index (κ1) is 15.0. The van der Waals surface area contributed by atoms with E-state index in [9.17, 15) is 0 Å². The first-order valence-electron chi connectivity index (χ1n) is 7.75. The molecule has 1 aliphatic rings. The predicted octanol–water partition coefficient (Wildman–Crippen LogP) is 2.48. The molecule has 1 N–H and O–H groups in total. The van der Waals surface area contributed by atoms with Crippen LogP contribution < -0.4 is 10.2 Å². The Labute approximate surface area is 121 Å². The van der Waals surface area contributed by atoms with E-state index >= 15 is 0 Å². The van der Waals surface area contributed by atoms with Gasteiger partial charge >= 0.3 is 0 Å². The van der Waals surface area contributed by atoms with E-state index in [4.69, 9.17) is 4.74 Å². The van der Waals surface area contributed by atoms with Gasteiger partial charge in [-0.25, -0.2) is 9.97 Å². The van der Waals surface area contributed by atoms with E-state index in [2.05, 4.69) is 47.0 Å². The number of hydrogen-bond donors (Lipinski definition) is 1. The van der Waals surface area contributed by atoms with E-state index in [0.717, 1.165) is 63.0 Å². The third-order valence-electron chi connectivity index (χ3n) is 3.55. The van der Waals surface area contributed by atoms with Crippen LogP contribution in [0.25, 0.3) is 0 Å². The van der Waals surface area contributed by atoms with E-state index in [0.29, 0.717) is 6.10 Å². The minimum Gasteiger partial charge on any atom is -0.375 e. The molecule has 1 unspecified atom stereocenters. The van der Waals surface area contributed by atoms with Crippen LogP contribution in [-0.2, 0) is 11.2 Å². The van der Waals surface area contributed by atoms with Crippen molar-refractivity contribution in [1.82, 2.24) is 9.97 Å². The van der Waals surface area contributed by atoms with Gasteiger partial charge in [-0.2, -0.15) is 0 Å². The molecule has 0 spiro atoms. The van der Waals surface area contributed by atoms with Crippen LogP contribution in [0, 0.1) is 0 Å². The van der Waals surface area contributed by atoms with Crippen LogP contribution in [0.3, 0.4) is 0 Å². The molecule has 1 saturated heterocycles. The summed E-state index contributed by atoms with van der Waals surface area (Å²) in [6.45, 7) is 9.97. The SMILES string of the molecule is CCCNc1cc(N2CCOC(CC)C2)nc(CC)n1. The zero-order chi connectivity index (χ0) is 14.4. The molecular formula is C15H26N4O. The molecule has 0 aliphatic carbocycles. The Kier molecular flexibility index (Phi) is 5.59. The Morgan fingerprint density at radius 2 is 2.20 bits per heavy atom. The number of morpholine rings is 1. The van der Waals surface area contributed by atoms with Crippen LogP contribution in [0.15, 0.2) is 6.07 Å². The minimum atomic E-state index is 0.316. The van der Waals surface area contributed by atoms with Crippen LogP contribution in [0.1, 0.15) is 39.4 Å². The largest absolute Gasteiger partial charge is 0.375 e. The highest BCUT2D eigenvalue weighted by Gasteiger charge is 2.21. The maximum atomic E-state index is 5.73. The van der Waals surface area contributed by atoms with Gasteiger partial charge in [-0.1, -0.05) is 20.8 Å². The summed E-state index contributed by atoms with van der Waals surface area (Å²) < 4.78 is 5.73. The molecule has 0 aromatic carbocycles. The average Bonchev–Trinajstić information content (AvgIpc) is 2.52. The van der Waals surface area contributed by atoms with E-state index in [-0.39, 0.29) is 0 Å². The monoisotopic (exact) mass is 278 g/mol. The van der Waals surface area contributed by atoms with Crippen molar-refractivity contribution in [1.29, 1.82) is 0 Å². The fourth-order valence-corrected chi connectivity index (χ4v) is 2.32. The Morgan fingerprint density at radius 1 is 1.35 bits per heavy atom. The van der Waals surface area contributed by atoms with Gasteiger partial charge in [0.25, 0.3) is 0 Å². The molecular weight excluding hydrogens is 252 g/mol. The van der Waals surface area contributed by atoms with Crippen molar-refractivity contribution >= 4 is 11.6 Å². The maximum Gasteiger partial charge on any atom is 0.134 e. The standard InChI is InChI=1S/C15H26N4O/c1-4-7-16-14-10-15(18-13(6-3)17-14)19-8-9-20-12(5-2)11-19/h10,12H,4-9,11H2,1-3H3,(H,16,17,18). The summed E-state index contributed by atoms with van der Waals surface area (Å²) in [6.07, 6.45) is 3.31. The van der Waals surface area contributed by atoms with Gasteiger partial charge in [0.1, 0.15) is 17.5 Å². The van der Waals surface area contributed by atoms with Gasteiger partial charge in [-0.05, 0) is 12.8 Å². The van der Waals surface area contributed by atoms with Crippen molar-refractivity contribution in [2.75, 3.05) is 36.5 Å². The highest BCUT2D eigenvalue weighted by molar-refractivity contribution is 5.49. The second kappa shape index (κ2) is 7.43. The first-order chi connectivity index (χ1) is 9.76. The number of hydrogen-bond acceptors (Lipinski definition) is 5. The summed E-state index contributed by atoms with van der Waals surface area (Å²) in [6, 6.07) is 2.06. The zero-order valence-electron chi connectivity index (χ0n) is 12.9. The maximum absolute atomic E-state index is 5.73. The highest BCUT2D eigenvalue weighted by atomic mass is 16.5. The second-order valence-electron chi connectivity index (χ2n) is 5.16. The smallest absolute Gasteiger partial charge is 0.134 e. The molecule has 1 fully saturated rings. The molecule has 0 radical (unpaired) electrons. The van der Waals surface area contributed by atoms with Crippen molar-refractivity contribution in [3.05, 3.63) is 11.9 Å². The topological polar surface area (TPSA) is 50.3 Å². The van der Waals surface area contributed by atoms with Crippen molar-refractivity contribution in [2.45, 2.75) is 46.1 Å². The lowest BCUT2D eigenvalue weighted by Gasteiger charge is -2.33. The summed E-state index contributed by atoms with van der Waals surface area (Å²) in [7, 11) is 0. The van der Waals surface area contributed by atoms with Crippen LogP contribution in [0.4, 0.5) is 11.6 Å². The molecule has 5 nitrogen and oxygen atoms in total. The normalized spacial score (nSPS) is 19.1. The average molecular weight is 278 g/mol. The molecule has 1 aromatic rings. The summed E-state index contributed by atoms with van der Waals surface area (Å²) in [5, 5.41) is 3.36. The van der Waals surface area contributed by atoms with Crippen molar-refractivity contribution in [3.8, 4) is 0 Å². The first-order valence-corrected chi connectivity index (χ1v) is 7.75. The molecule has 2 rings (SSSR count). The van der Waals surface area contributed by atoms with Crippen LogP contribution in [-0.4, -0.2) is 42.3 Å². The molecule has 0 bridgehead atoms.